The van der Waals surface area contributed by atoms with Gasteiger partial charge in [0.1, 0.15) is 0 Å². The molecule has 1 aliphatic heterocycles. The SMILES string of the molecule is CC(C)(C)[Si](OCCN1CCCN(c2ccc(NC[C@@H](O)CNC(=O)C3=CC(Cl)=CCC3=S)cc2)C1=O)(c1ccccc1)c1ccccc1. The molecular weight excluding hydrogens is 672 g/mol. The lowest BCUT2D eigenvalue weighted by Gasteiger charge is -2.43. The lowest BCUT2D eigenvalue weighted by molar-refractivity contribution is -0.117. The molecule has 1 saturated heterocycles. The summed E-state index contributed by atoms with van der Waals surface area (Å²) in [7, 11) is -2.70. The van der Waals surface area contributed by atoms with Crippen molar-refractivity contribution in [3.63, 3.8) is 0 Å². The molecule has 1 fully saturated rings. The van der Waals surface area contributed by atoms with Crippen LogP contribution >= 0.6 is 23.8 Å². The number of hydrogen-bond acceptors (Lipinski definition) is 6. The van der Waals surface area contributed by atoms with Crippen molar-refractivity contribution in [3.8, 4) is 0 Å². The van der Waals surface area contributed by atoms with Gasteiger partial charge in [0.05, 0.1) is 18.3 Å². The Morgan fingerprint density at radius 1 is 0.980 bits per heavy atom. The van der Waals surface area contributed by atoms with Gasteiger partial charge in [-0.3, -0.25) is 9.69 Å². The second-order valence-electron chi connectivity index (χ2n) is 13.4. The number of benzene rings is 3. The van der Waals surface area contributed by atoms with Gasteiger partial charge in [0, 0.05) is 60.4 Å². The van der Waals surface area contributed by atoms with E-state index in [4.69, 9.17) is 28.2 Å². The Morgan fingerprint density at radius 2 is 1.61 bits per heavy atom. The van der Waals surface area contributed by atoms with E-state index >= 15 is 0 Å². The van der Waals surface area contributed by atoms with Crippen LogP contribution in [-0.4, -0.2) is 80.6 Å². The van der Waals surface area contributed by atoms with Crippen molar-refractivity contribution < 1.29 is 19.1 Å². The molecule has 3 N–H and O–H groups in total. The predicted molar refractivity (Wildman–Crippen MR) is 206 cm³/mol. The monoisotopic (exact) mass is 716 g/mol. The number of amides is 3. The highest BCUT2D eigenvalue weighted by molar-refractivity contribution is 7.81. The summed E-state index contributed by atoms with van der Waals surface area (Å²) in [5, 5.41) is 19.2. The van der Waals surface area contributed by atoms with E-state index in [9.17, 15) is 14.7 Å². The molecule has 49 heavy (non-hydrogen) atoms. The molecular formula is C38H45ClN4O4SSi. The summed E-state index contributed by atoms with van der Waals surface area (Å²) in [4.78, 5) is 30.4. The predicted octanol–water partition coefficient (Wildman–Crippen LogP) is 5.61. The van der Waals surface area contributed by atoms with E-state index in [1.165, 1.54) is 10.4 Å². The van der Waals surface area contributed by atoms with Crippen LogP contribution in [0.1, 0.15) is 33.6 Å². The van der Waals surface area contributed by atoms with Crippen LogP contribution in [-0.2, 0) is 9.22 Å². The second kappa shape index (κ2) is 16.3. The highest BCUT2D eigenvalue weighted by Crippen LogP contribution is 2.36. The summed E-state index contributed by atoms with van der Waals surface area (Å²) in [6.07, 6.45) is 3.79. The summed E-state index contributed by atoms with van der Waals surface area (Å²) in [5.41, 5.74) is 1.96. The molecule has 1 aliphatic carbocycles. The number of allylic oxidation sites excluding steroid dienone is 3. The fraction of sp³-hybridized carbons (Fsp3) is 0.342. The first-order chi connectivity index (χ1) is 23.5. The van der Waals surface area contributed by atoms with Gasteiger partial charge in [0.15, 0.2) is 0 Å². The molecule has 0 spiro atoms. The number of rotatable bonds is 13. The molecule has 3 amide bonds. The quantitative estimate of drug-likeness (QED) is 0.158. The number of aliphatic hydroxyl groups is 1. The summed E-state index contributed by atoms with van der Waals surface area (Å²) >= 11 is 11.3. The molecule has 2 aliphatic rings. The van der Waals surface area contributed by atoms with Gasteiger partial charge in [-0.1, -0.05) is 111 Å². The van der Waals surface area contributed by atoms with Gasteiger partial charge in [-0.2, -0.15) is 0 Å². The summed E-state index contributed by atoms with van der Waals surface area (Å²) in [6.45, 7) is 9.31. The van der Waals surface area contributed by atoms with Crippen LogP contribution in [0.3, 0.4) is 0 Å². The summed E-state index contributed by atoms with van der Waals surface area (Å²) in [5.74, 6) is -0.352. The van der Waals surface area contributed by atoms with E-state index in [1.54, 1.807) is 12.2 Å². The zero-order valence-electron chi connectivity index (χ0n) is 28.3. The standard InChI is InChI=1S/C38H45ClN4O4SSi/c1-38(2,3)49(32-11-6-4-7-12-32,33-13-8-5-9-14-33)47-24-23-42-21-10-22-43(37(42)46)30-18-16-29(17-19-30)40-26-31(44)27-41-36(45)34-25-28(39)15-20-35(34)48/h4-9,11-19,25,31,40,44H,10,20-24,26-27H2,1-3H3,(H,41,45)/t31-/m1/s1. The first-order valence-electron chi connectivity index (χ1n) is 16.7. The number of carbonyl (C=O) groups is 2. The zero-order chi connectivity index (χ0) is 35.0. The zero-order valence-corrected chi connectivity index (χ0v) is 30.9. The van der Waals surface area contributed by atoms with Gasteiger partial charge < -0.3 is 25.1 Å². The van der Waals surface area contributed by atoms with Crippen LogP contribution in [0.15, 0.2) is 108 Å². The number of aliphatic hydroxyl groups excluding tert-OH is 1. The number of nitrogens with zero attached hydrogens (tertiary/aromatic N) is 2. The number of urea groups is 1. The van der Waals surface area contributed by atoms with Crippen molar-refractivity contribution >= 4 is 70.7 Å². The maximum atomic E-state index is 13.7. The Bertz CT molecular complexity index is 1640. The first-order valence-corrected chi connectivity index (χ1v) is 19.4. The molecule has 3 aromatic carbocycles. The minimum absolute atomic E-state index is 0.0338. The van der Waals surface area contributed by atoms with Crippen LogP contribution in [0.25, 0.3) is 0 Å². The third-order valence-electron chi connectivity index (χ3n) is 8.94. The Morgan fingerprint density at radius 3 is 2.22 bits per heavy atom. The Labute approximate surface area is 300 Å². The molecule has 3 aromatic rings. The first kappa shape index (κ1) is 36.5. The molecule has 11 heteroatoms. The number of thiocarbonyl (C=S) groups is 1. The topological polar surface area (TPSA) is 94.1 Å². The van der Waals surface area contributed by atoms with E-state index < -0.39 is 14.4 Å². The molecule has 0 bridgehead atoms. The number of anilines is 2. The second-order valence-corrected chi connectivity index (χ2v) is 18.6. The Hall–Kier alpha value is -3.80. The minimum atomic E-state index is -2.70. The molecule has 8 nitrogen and oxygen atoms in total. The third kappa shape index (κ3) is 8.68. The van der Waals surface area contributed by atoms with Gasteiger partial charge in [-0.05, 0) is 52.2 Å². The lowest BCUT2D eigenvalue weighted by atomic mass is 10.0. The molecule has 0 radical (unpaired) electrons. The van der Waals surface area contributed by atoms with Gasteiger partial charge >= 0.3 is 6.03 Å². The molecule has 258 valence electrons. The van der Waals surface area contributed by atoms with Crippen molar-refractivity contribution in [2.24, 2.45) is 0 Å². The fourth-order valence-electron chi connectivity index (χ4n) is 6.44. The van der Waals surface area contributed by atoms with Gasteiger partial charge in [-0.15, -0.1) is 0 Å². The largest absolute Gasteiger partial charge is 0.406 e. The molecule has 0 aromatic heterocycles. The number of nitrogens with one attached hydrogen (secondary N) is 2. The minimum Gasteiger partial charge on any atom is -0.406 e. The summed E-state index contributed by atoms with van der Waals surface area (Å²) in [6, 6.07) is 28.6. The fourth-order valence-corrected chi connectivity index (χ4v) is 11.4. The average molecular weight is 717 g/mol. The van der Waals surface area contributed by atoms with E-state index in [-0.39, 0.29) is 30.1 Å². The van der Waals surface area contributed by atoms with Crippen LogP contribution in [0, 0.1) is 0 Å². The van der Waals surface area contributed by atoms with Crippen LogP contribution < -0.4 is 25.9 Å². The number of hydrogen-bond donors (Lipinski definition) is 3. The van der Waals surface area contributed by atoms with Gasteiger partial charge in [-0.25, -0.2) is 4.79 Å². The lowest BCUT2D eigenvalue weighted by Crippen LogP contribution is -2.67. The normalized spacial score (nSPS) is 16.2. The van der Waals surface area contributed by atoms with Crippen molar-refractivity contribution in [3.05, 3.63) is 108 Å². The van der Waals surface area contributed by atoms with Crippen molar-refractivity contribution in [1.29, 1.82) is 0 Å². The van der Waals surface area contributed by atoms with E-state index in [1.807, 2.05) is 46.2 Å². The van der Waals surface area contributed by atoms with Crippen LogP contribution in [0.5, 0.6) is 0 Å². The highest BCUT2D eigenvalue weighted by Gasteiger charge is 2.50. The van der Waals surface area contributed by atoms with Crippen molar-refractivity contribution in [2.75, 3.05) is 49.5 Å². The van der Waals surface area contributed by atoms with Crippen molar-refractivity contribution in [2.45, 2.75) is 44.8 Å². The van der Waals surface area contributed by atoms with E-state index in [2.05, 4.69) is 79.9 Å². The van der Waals surface area contributed by atoms with Crippen LogP contribution in [0.2, 0.25) is 5.04 Å². The van der Waals surface area contributed by atoms with Gasteiger partial charge in [0.2, 0.25) is 0 Å². The molecule has 5 rings (SSSR count). The molecule has 1 heterocycles. The van der Waals surface area contributed by atoms with E-state index in [0.717, 1.165) is 17.8 Å². The maximum Gasteiger partial charge on any atom is 0.324 e. The Balaban J connectivity index is 1.16. The smallest absolute Gasteiger partial charge is 0.324 e. The van der Waals surface area contributed by atoms with Crippen LogP contribution in [0.4, 0.5) is 16.2 Å². The summed E-state index contributed by atoms with van der Waals surface area (Å²) < 4.78 is 7.05. The molecule has 1 atom stereocenters. The van der Waals surface area contributed by atoms with Gasteiger partial charge in [0.25, 0.3) is 14.2 Å². The maximum absolute atomic E-state index is 13.7. The van der Waals surface area contributed by atoms with Crippen molar-refractivity contribution in [1.82, 2.24) is 10.2 Å². The average Bonchev–Trinajstić information content (AvgIpc) is 3.10. The number of halogens is 1. The number of carbonyl (C=O) groups excluding carboxylic acids is 2. The Kier molecular flexibility index (Phi) is 12.1. The highest BCUT2D eigenvalue weighted by atomic mass is 35.5. The third-order valence-corrected chi connectivity index (χ3v) is 14.6. The molecule has 0 unspecified atom stereocenters. The van der Waals surface area contributed by atoms with E-state index in [0.29, 0.717) is 48.1 Å². The molecule has 0 saturated carbocycles.